The van der Waals surface area contributed by atoms with Crippen LogP contribution in [0.25, 0.3) is 0 Å². The van der Waals surface area contributed by atoms with Gasteiger partial charge in [0.05, 0.1) is 26.2 Å². The summed E-state index contributed by atoms with van der Waals surface area (Å²) in [6.45, 7) is 0.422. The molecule has 0 saturated heterocycles. The van der Waals surface area contributed by atoms with Crippen LogP contribution in [0, 0.1) is 0 Å². The van der Waals surface area contributed by atoms with E-state index < -0.39 is 5.97 Å². The highest BCUT2D eigenvalue weighted by molar-refractivity contribution is 5.85. The fourth-order valence-corrected chi connectivity index (χ4v) is 1.64. The first-order valence-corrected chi connectivity index (χ1v) is 5.07. The maximum Gasteiger partial charge on any atom is 0.354 e. The lowest BCUT2D eigenvalue weighted by Gasteiger charge is -2.09. The zero-order valence-corrected chi connectivity index (χ0v) is 9.33. The zero-order valence-electron chi connectivity index (χ0n) is 9.33. The Hall–Kier alpha value is -2.30. The average molecular weight is 232 g/mol. The maximum absolute atomic E-state index is 10.9. The summed E-state index contributed by atoms with van der Waals surface area (Å²) in [6, 6.07) is 7.49. The Morgan fingerprint density at radius 3 is 2.94 bits per heavy atom. The second-order valence-electron chi connectivity index (χ2n) is 3.52. The lowest BCUT2D eigenvalue weighted by Crippen LogP contribution is -2.09. The van der Waals surface area contributed by atoms with E-state index in [4.69, 9.17) is 9.84 Å². The number of carboxylic acids is 1. The van der Waals surface area contributed by atoms with Crippen LogP contribution in [-0.4, -0.2) is 27.7 Å². The predicted octanol–water partition coefficient (Wildman–Crippen LogP) is 1.64. The SMILES string of the molecule is COc1ccccc1Cn1cncc1C(=O)O. The smallest absolute Gasteiger partial charge is 0.354 e. The third-order valence-electron chi connectivity index (χ3n) is 2.46. The molecule has 1 N–H and O–H groups in total. The highest BCUT2D eigenvalue weighted by Crippen LogP contribution is 2.19. The number of hydrogen-bond donors (Lipinski definition) is 1. The van der Waals surface area contributed by atoms with Crippen LogP contribution in [0.4, 0.5) is 0 Å². The normalized spacial score (nSPS) is 10.2. The van der Waals surface area contributed by atoms with Crippen molar-refractivity contribution in [3.05, 3.63) is 48.0 Å². The number of ether oxygens (including phenoxy) is 1. The number of nitrogens with zero attached hydrogens (tertiary/aromatic N) is 2. The number of aromatic carboxylic acids is 1. The van der Waals surface area contributed by atoms with Gasteiger partial charge in [-0.2, -0.15) is 0 Å². The molecule has 1 heterocycles. The topological polar surface area (TPSA) is 64.4 Å². The molecule has 17 heavy (non-hydrogen) atoms. The molecule has 5 nitrogen and oxygen atoms in total. The minimum Gasteiger partial charge on any atom is -0.496 e. The first kappa shape index (κ1) is 11.2. The fraction of sp³-hybridized carbons (Fsp3) is 0.167. The molecule has 1 aromatic carbocycles. The molecule has 0 amide bonds. The van der Waals surface area contributed by atoms with Gasteiger partial charge in [-0.05, 0) is 6.07 Å². The summed E-state index contributed by atoms with van der Waals surface area (Å²) in [5, 5.41) is 8.97. The summed E-state index contributed by atoms with van der Waals surface area (Å²) in [6.07, 6.45) is 2.83. The summed E-state index contributed by atoms with van der Waals surface area (Å²) in [5.41, 5.74) is 1.08. The number of para-hydroxylation sites is 1. The summed E-state index contributed by atoms with van der Waals surface area (Å²) >= 11 is 0. The van der Waals surface area contributed by atoms with Crippen LogP contribution in [0.5, 0.6) is 5.75 Å². The molecule has 0 spiro atoms. The van der Waals surface area contributed by atoms with E-state index in [0.717, 1.165) is 11.3 Å². The molecule has 0 unspecified atom stereocenters. The maximum atomic E-state index is 10.9. The van der Waals surface area contributed by atoms with Crippen molar-refractivity contribution in [3.8, 4) is 5.75 Å². The van der Waals surface area contributed by atoms with Crippen LogP contribution >= 0.6 is 0 Å². The van der Waals surface area contributed by atoms with E-state index in [1.54, 1.807) is 11.7 Å². The van der Waals surface area contributed by atoms with E-state index in [2.05, 4.69) is 4.98 Å². The number of carboxylic acid groups (broad SMARTS) is 1. The minimum atomic E-state index is -0.989. The predicted molar refractivity (Wildman–Crippen MR) is 61.3 cm³/mol. The standard InChI is InChI=1S/C12H12N2O3/c1-17-11-5-3-2-4-9(11)7-14-8-13-6-10(14)12(15)16/h2-6,8H,7H2,1H3,(H,15,16). The molecule has 0 aliphatic carbocycles. The van der Waals surface area contributed by atoms with Crippen molar-refractivity contribution in [1.82, 2.24) is 9.55 Å². The number of carbonyl (C=O) groups is 1. The lowest BCUT2D eigenvalue weighted by atomic mass is 10.2. The van der Waals surface area contributed by atoms with Crippen LogP contribution in [0.15, 0.2) is 36.8 Å². The molecule has 88 valence electrons. The molecule has 5 heteroatoms. The van der Waals surface area contributed by atoms with Gasteiger partial charge in [0.2, 0.25) is 0 Å². The Morgan fingerprint density at radius 1 is 1.47 bits per heavy atom. The van der Waals surface area contributed by atoms with Crippen molar-refractivity contribution in [3.63, 3.8) is 0 Å². The van der Waals surface area contributed by atoms with Crippen LogP contribution < -0.4 is 4.74 Å². The first-order valence-electron chi connectivity index (χ1n) is 5.07. The Morgan fingerprint density at radius 2 is 2.24 bits per heavy atom. The van der Waals surface area contributed by atoms with Gasteiger partial charge in [-0.25, -0.2) is 9.78 Å². The van der Waals surface area contributed by atoms with Crippen LogP contribution in [-0.2, 0) is 6.54 Å². The van der Waals surface area contributed by atoms with Crippen molar-refractivity contribution in [2.24, 2.45) is 0 Å². The number of rotatable bonds is 4. The number of hydrogen-bond acceptors (Lipinski definition) is 3. The van der Waals surface area contributed by atoms with E-state index in [-0.39, 0.29) is 5.69 Å². The van der Waals surface area contributed by atoms with E-state index in [0.29, 0.717) is 6.54 Å². The number of imidazole rings is 1. The Bertz CT molecular complexity index is 534. The molecular formula is C12H12N2O3. The average Bonchev–Trinajstić information content (AvgIpc) is 2.78. The van der Waals surface area contributed by atoms with Gasteiger partial charge in [0.1, 0.15) is 11.4 Å². The Labute approximate surface area is 98.3 Å². The molecule has 2 rings (SSSR count). The van der Waals surface area contributed by atoms with E-state index >= 15 is 0 Å². The van der Waals surface area contributed by atoms with Gasteiger partial charge in [-0.15, -0.1) is 0 Å². The van der Waals surface area contributed by atoms with Gasteiger partial charge in [-0.1, -0.05) is 18.2 Å². The summed E-state index contributed by atoms with van der Waals surface area (Å²) in [7, 11) is 1.59. The second-order valence-corrected chi connectivity index (χ2v) is 3.52. The van der Waals surface area contributed by atoms with Gasteiger partial charge in [-0.3, -0.25) is 0 Å². The van der Waals surface area contributed by atoms with Crippen LogP contribution in [0.2, 0.25) is 0 Å². The molecule has 0 aliphatic rings. The van der Waals surface area contributed by atoms with E-state index in [9.17, 15) is 4.79 Å². The van der Waals surface area contributed by atoms with Crippen molar-refractivity contribution >= 4 is 5.97 Å². The van der Waals surface area contributed by atoms with Gasteiger partial charge >= 0.3 is 5.97 Å². The van der Waals surface area contributed by atoms with Gasteiger partial charge in [0, 0.05) is 5.56 Å². The Balaban J connectivity index is 2.31. The minimum absolute atomic E-state index is 0.163. The van der Waals surface area contributed by atoms with Crippen molar-refractivity contribution in [2.45, 2.75) is 6.54 Å². The number of aromatic nitrogens is 2. The molecule has 1 aromatic heterocycles. The van der Waals surface area contributed by atoms with Gasteiger partial charge in [0.15, 0.2) is 0 Å². The molecule has 0 fully saturated rings. The van der Waals surface area contributed by atoms with Crippen molar-refractivity contribution in [2.75, 3.05) is 7.11 Å². The molecule has 0 atom stereocenters. The number of methoxy groups -OCH3 is 1. The summed E-state index contributed by atoms with van der Waals surface area (Å²) in [4.78, 5) is 14.8. The largest absolute Gasteiger partial charge is 0.496 e. The fourth-order valence-electron chi connectivity index (χ4n) is 1.64. The Kier molecular flexibility index (Phi) is 3.09. The van der Waals surface area contributed by atoms with Gasteiger partial charge < -0.3 is 14.4 Å². The molecule has 2 aromatic rings. The third kappa shape index (κ3) is 2.28. The lowest BCUT2D eigenvalue weighted by molar-refractivity contribution is 0.0685. The highest BCUT2D eigenvalue weighted by atomic mass is 16.5. The van der Waals surface area contributed by atoms with E-state index in [1.807, 2.05) is 24.3 Å². The van der Waals surface area contributed by atoms with Gasteiger partial charge in [0.25, 0.3) is 0 Å². The summed E-state index contributed by atoms with van der Waals surface area (Å²) < 4.78 is 6.78. The number of benzene rings is 1. The molecule has 0 bridgehead atoms. The molecule has 0 saturated carbocycles. The van der Waals surface area contributed by atoms with Crippen molar-refractivity contribution < 1.29 is 14.6 Å². The highest BCUT2D eigenvalue weighted by Gasteiger charge is 2.11. The molecule has 0 radical (unpaired) electrons. The summed E-state index contributed by atoms with van der Waals surface area (Å²) in [5.74, 6) is -0.255. The van der Waals surface area contributed by atoms with Crippen LogP contribution in [0.3, 0.4) is 0 Å². The van der Waals surface area contributed by atoms with Crippen molar-refractivity contribution in [1.29, 1.82) is 0 Å². The zero-order chi connectivity index (χ0) is 12.3. The van der Waals surface area contributed by atoms with Crippen LogP contribution in [0.1, 0.15) is 16.1 Å². The first-order chi connectivity index (χ1) is 8.22. The second kappa shape index (κ2) is 4.69. The molecular weight excluding hydrogens is 220 g/mol. The third-order valence-corrected chi connectivity index (χ3v) is 2.46. The van der Waals surface area contributed by atoms with E-state index in [1.165, 1.54) is 12.5 Å². The molecule has 0 aliphatic heterocycles. The monoisotopic (exact) mass is 232 g/mol. The quantitative estimate of drug-likeness (QED) is 0.870.